The van der Waals surface area contributed by atoms with Crippen molar-refractivity contribution >= 4 is 0 Å². The van der Waals surface area contributed by atoms with Crippen molar-refractivity contribution in [3.05, 3.63) is 0 Å². The van der Waals surface area contributed by atoms with Crippen LogP contribution in [0.1, 0.15) is 428 Å². The van der Waals surface area contributed by atoms with Crippen molar-refractivity contribution in [3.63, 3.8) is 0 Å². The highest BCUT2D eigenvalue weighted by Crippen LogP contribution is 2.18. The van der Waals surface area contributed by atoms with Gasteiger partial charge >= 0.3 is 0 Å². The highest BCUT2D eigenvalue weighted by Gasteiger charge is 2.22. The van der Waals surface area contributed by atoms with Crippen LogP contribution in [0.15, 0.2) is 0 Å². The monoisotopic (exact) mass is 2150 g/mol. The zero-order valence-corrected chi connectivity index (χ0v) is 110. The second kappa shape index (κ2) is 105. The first-order valence-corrected chi connectivity index (χ1v) is 56.5. The fraction of sp³-hybridized carbons (Fsp3) is 1.00. The molecule has 0 fully saturated rings. The second-order valence-electron chi connectivity index (χ2n) is 49.9. The maximum Gasteiger partial charge on any atom is 0.0787 e. The minimum Gasteiger partial charge on any atom is -0.379 e. The van der Waals surface area contributed by atoms with Crippen LogP contribution in [0.2, 0.25) is 0 Å². The summed E-state index contributed by atoms with van der Waals surface area (Å²) in [5.41, 5.74) is -0.735. The van der Waals surface area contributed by atoms with E-state index in [4.69, 9.17) is 133 Å². The summed E-state index contributed by atoms with van der Waals surface area (Å²) in [7, 11) is 0. The molecule has 0 aliphatic heterocycles. The molecule has 0 spiro atoms. The minimum atomic E-state index is -0.1000. The largest absolute Gasteiger partial charge is 0.379 e. The Hall–Kier alpha value is -1.12. The molecule has 0 saturated carbocycles. The van der Waals surface area contributed by atoms with E-state index in [9.17, 15) is 0 Å². The van der Waals surface area contributed by atoms with Crippen LogP contribution < -0.4 is 0 Å². The van der Waals surface area contributed by atoms with Gasteiger partial charge in [0.1, 0.15) is 0 Å². The Morgan fingerprint density at radius 2 is 0.291 bits per heavy atom. The predicted octanol–water partition coefficient (Wildman–Crippen LogP) is 28.1. The van der Waals surface area contributed by atoms with E-state index in [1.54, 1.807) is 0 Å². The van der Waals surface area contributed by atoms with E-state index < -0.39 is 0 Å². The zero-order valence-electron chi connectivity index (χ0n) is 110. The lowest BCUT2D eigenvalue weighted by atomic mass is 10.2. The topological polar surface area (TPSA) is 258 Å². The normalized spacial score (nSPS) is 13.6. The molecule has 0 saturated heterocycles. The molecule has 0 bridgehead atoms. The molecule has 28 nitrogen and oxygen atoms in total. The van der Waals surface area contributed by atoms with Gasteiger partial charge in [0.15, 0.2) is 0 Å². The fourth-order valence-corrected chi connectivity index (χ4v) is 10.6. The van der Waals surface area contributed by atoms with Crippen LogP contribution in [-0.4, -0.2) is 353 Å². The first-order valence-electron chi connectivity index (χ1n) is 56.5. The molecular formula is C120H264O28. The van der Waals surface area contributed by atoms with Crippen LogP contribution in [0, 0.1) is 11.8 Å². The Morgan fingerprint density at radius 3 is 0.520 bits per heavy atom. The number of rotatable bonds is 64. The van der Waals surface area contributed by atoms with Crippen molar-refractivity contribution < 1.29 is 133 Å². The van der Waals surface area contributed by atoms with E-state index in [1.807, 2.05) is 270 Å². The summed E-state index contributed by atoms with van der Waals surface area (Å²) in [6, 6.07) is 0. The predicted molar refractivity (Wildman–Crippen MR) is 623 cm³/mol. The second-order valence-corrected chi connectivity index (χ2v) is 49.9. The first-order chi connectivity index (χ1) is 67.2. The van der Waals surface area contributed by atoms with Crippen molar-refractivity contribution in [1.29, 1.82) is 0 Å². The maximum atomic E-state index is 5.70. The van der Waals surface area contributed by atoms with Gasteiger partial charge in [0.05, 0.1) is 300 Å². The van der Waals surface area contributed by atoms with Gasteiger partial charge in [-0.3, -0.25) is 0 Å². The highest BCUT2D eigenvalue weighted by molar-refractivity contribution is 4.70. The van der Waals surface area contributed by atoms with Gasteiger partial charge in [-0.2, -0.15) is 0 Å². The van der Waals surface area contributed by atoms with Gasteiger partial charge in [-0.05, 0) is 399 Å². The van der Waals surface area contributed by atoms with Crippen LogP contribution in [0.4, 0.5) is 0 Å². The molecule has 0 aromatic carbocycles. The van der Waals surface area contributed by atoms with Gasteiger partial charge in [-0.25, -0.2) is 0 Å². The lowest BCUT2D eigenvalue weighted by Crippen LogP contribution is -2.29. The SMILES string of the molecule is CC(C)COCC(C)OC(C)(C)C.CC(C)COCCOC(C)(C)C.CC(C)OCC(C)OC(C)(C)C.CC(C)OCCOC(C)(C)C.CC(C)OCCOCC(C)OC(C)(C)C.CC(C)OCCOCCOC(C)(C)C.CCCOCC(C)OC(C)(C)C.CCCOCCOC(C)(C)C.CCOCC(C)OC(C)(C)C.CCOCCOC(C)(C)C.CCOCCOCC(C)OC(C)(C)C.CCOCCOCCOC(C)(C)C. The summed E-state index contributed by atoms with van der Waals surface area (Å²) in [5.74, 6) is 1.21. The first kappa shape index (κ1) is 172. The summed E-state index contributed by atoms with van der Waals surface area (Å²) in [5, 5.41) is 0. The average Bonchev–Trinajstić information content (AvgIpc) is 0.956. The Kier molecular flexibility index (Phi) is 122. The van der Waals surface area contributed by atoms with Gasteiger partial charge < -0.3 is 133 Å². The molecule has 0 radical (unpaired) electrons. The lowest BCUT2D eigenvalue weighted by molar-refractivity contribution is -0.0925. The smallest absolute Gasteiger partial charge is 0.0787 e. The molecule has 0 amide bonds. The van der Waals surface area contributed by atoms with Crippen molar-refractivity contribution in [2.75, 3.05) is 225 Å². The Balaban J connectivity index is -0.000000137. The molecular weight excluding hydrogens is 1890 g/mol. The third-order valence-corrected chi connectivity index (χ3v) is 15.2. The quantitative estimate of drug-likeness (QED) is 0.0513. The third kappa shape index (κ3) is 220. The Bertz CT molecular complexity index is 2530. The van der Waals surface area contributed by atoms with Crippen molar-refractivity contribution in [2.24, 2.45) is 11.8 Å². The van der Waals surface area contributed by atoms with Gasteiger partial charge in [0, 0.05) is 52.9 Å². The number of ether oxygens (including phenoxy) is 28. The molecule has 0 heterocycles. The third-order valence-electron chi connectivity index (χ3n) is 15.2. The molecule has 0 aliphatic carbocycles. The van der Waals surface area contributed by atoms with E-state index >= 15 is 0 Å². The molecule has 0 aromatic heterocycles. The Labute approximate surface area is 920 Å². The van der Waals surface area contributed by atoms with Gasteiger partial charge in [-0.15, -0.1) is 0 Å². The van der Waals surface area contributed by atoms with Gasteiger partial charge in [0.25, 0.3) is 0 Å². The zero-order chi connectivity index (χ0) is 118. The molecule has 0 aromatic rings. The van der Waals surface area contributed by atoms with Crippen molar-refractivity contribution in [3.8, 4) is 0 Å². The molecule has 0 aliphatic rings. The molecule has 28 heteroatoms. The molecule has 0 N–H and O–H groups in total. The molecule has 912 valence electrons. The highest BCUT2D eigenvalue weighted by atomic mass is 16.6. The van der Waals surface area contributed by atoms with E-state index in [2.05, 4.69) is 145 Å². The van der Waals surface area contributed by atoms with Crippen LogP contribution in [0.25, 0.3) is 0 Å². The molecule has 148 heavy (non-hydrogen) atoms. The summed E-state index contributed by atoms with van der Waals surface area (Å²) >= 11 is 0. The van der Waals surface area contributed by atoms with E-state index in [0.717, 1.165) is 65.7 Å². The number of hydrogen-bond acceptors (Lipinski definition) is 28. The van der Waals surface area contributed by atoms with Crippen LogP contribution in [0.3, 0.4) is 0 Å². The summed E-state index contributed by atoms with van der Waals surface area (Å²) in [4.78, 5) is 0. The van der Waals surface area contributed by atoms with Gasteiger partial charge in [0.2, 0.25) is 0 Å². The average molecular weight is 2160 g/mol. The molecule has 6 atom stereocenters. The minimum absolute atomic E-state index is 0.0307. The van der Waals surface area contributed by atoms with Gasteiger partial charge in [-0.1, -0.05) is 41.5 Å². The summed E-state index contributed by atoms with van der Waals surface area (Å²) in [6.07, 6.45) is 4.30. The molecule has 0 rings (SSSR count). The standard InChI is InChI=1S/C12H26O3.2C11H24O3.C11H24O2.C10H22O3.3C10H22O2.3C9H20O2.C8H18O2/c1-10(2)14-8-7-13-9-11(3)15-12(4,5)6;1-10(2)13-8-6-12-7-9-14-11(3,4)5;1-6-12-7-8-13-9-10(2)14-11(3,4)5;1-9(2)7-12-8-10(3)13-11(4,5)6;1-5-11-6-7-12-8-9-13-10(2,3)4;1-8(2)11-7-9(3)12-10(4,5)6;1-9(2)8-11-6-7-12-10(3,4)5;1-6-7-11-8-9(2)12-10(3,4)5;1-8(2)10-6-7-11-9(3,4)5;1-6-10-7-8(2)11-9(3,4)5;1-5-6-10-7-8-11-9(2,3)4;1-5-9-6-7-10-8(2,3)4/h10-11H,7-9H2,1-6H3;2*10H,6-9H2,1-5H3;9-10H,7-8H2,1-6H3;5-9H2,1-4H3;8-9H,7H2,1-6H3;2*9H,6-8H2,1-5H3;2*8H,6-7H2,1-5H3;5-8H2,1-4H3;5-7H2,1-4H3. The van der Waals surface area contributed by atoms with Crippen molar-refractivity contribution in [2.45, 2.75) is 557 Å². The lowest BCUT2D eigenvalue weighted by Gasteiger charge is -2.25. The van der Waals surface area contributed by atoms with Crippen LogP contribution >= 0.6 is 0 Å². The summed E-state index contributed by atoms with van der Waals surface area (Å²) < 4.78 is 152. The van der Waals surface area contributed by atoms with E-state index in [1.165, 1.54) is 0 Å². The fourth-order valence-electron chi connectivity index (χ4n) is 10.6. The van der Waals surface area contributed by atoms with Crippen LogP contribution in [-0.2, 0) is 133 Å². The Morgan fingerprint density at radius 1 is 0.135 bits per heavy atom. The molecule has 6 unspecified atom stereocenters. The van der Waals surface area contributed by atoms with E-state index in [0.29, 0.717) is 190 Å². The van der Waals surface area contributed by atoms with Crippen molar-refractivity contribution in [1.82, 2.24) is 0 Å². The van der Waals surface area contributed by atoms with E-state index in [-0.39, 0.29) is 122 Å². The summed E-state index contributed by atoms with van der Waals surface area (Å²) in [6.45, 7) is 147. The maximum absolute atomic E-state index is 5.70. The number of hydrogen-bond donors (Lipinski definition) is 0. The van der Waals surface area contributed by atoms with Crippen LogP contribution in [0.5, 0.6) is 0 Å².